The van der Waals surface area contributed by atoms with Gasteiger partial charge in [0.2, 0.25) is 0 Å². The van der Waals surface area contributed by atoms with Crippen LogP contribution >= 0.6 is 0 Å². The normalized spacial score (nSPS) is 19.7. The minimum Gasteiger partial charge on any atom is -0.370 e. The van der Waals surface area contributed by atoms with E-state index in [0.29, 0.717) is 37.3 Å². The van der Waals surface area contributed by atoms with Gasteiger partial charge in [0.05, 0.1) is 0 Å². The average molecular weight is 613 g/mol. The highest BCUT2D eigenvalue weighted by molar-refractivity contribution is 6.05. The highest BCUT2D eigenvalue weighted by Gasteiger charge is 2.32. The van der Waals surface area contributed by atoms with Crippen molar-refractivity contribution in [2.75, 3.05) is 26.2 Å². The molecule has 0 unspecified atom stereocenters. The third-order valence-electron chi connectivity index (χ3n) is 7.02. The van der Waals surface area contributed by atoms with E-state index in [1.54, 1.807) is 19.9 Å². The van der Waals surface area contributed by atoms with Gasteiger partial charge in [0.25, 0.3) is 11.8 Å². The van der Waals surface area contributed by atoms with Crippen LogP contribution in [0.1, 0.15) is 66.2 Å². The molecule has 1 aliphatic rings. The Hall–Kier alpha value is -4.62. The molecule has 0 spiro atoms. The van der Waals surface area contributed by atoms with Gasteiger partial charge in [0.15, 0.2) is 23.8 Å². The minimum atomic E-state index is -0.335. The molecular weight excluding hydrogens is 560 g/mol. The van der Waals surface area contributed by atoms with E-state index in [1.807, 2.05) is 12.2 Å². The third kappa shape index (κ3) is 15.6. The minimum absolute atomic E-state index is 0.0377. The average Bonchev–Trinajstić information content (AvgIpc) is 2.94. The van der Waals surface area contributed by atoms with Gasteiger partial charge in [0, 0.05) is 43.2 Å². The van der Waals surface area contributed by atoms with Crippen molar-refractivity contribution in [1.29, 1.82) is 0 Å². The summed E-state index contributed by atoms with van der Waals surface area (Å²) < 4.78 is 0. The summed E-state index contributed by atoms with van der Waals surface area (Å²) in [6.07, 6.45) is 14.6. The van der Waals surface area contributed by atoms with E-state index in [0.717, 1.165) is 38.5 Å². The first-order valence-electron chi connectivity index (χ1n) is 14.8. The molecule has 0 radical (unpaired) electrons. The van der Waals surface area contributed by atoms with Crippen LogP contribution in [0.3, 0.4) is 0 Å². The Labute approximate surface area is 261 Å². The zero-order valence-electron chi connectivity index (χ0n) is 26.6. The molecule has 0 fully saturated rings. The van der Waals surface area contributed by atoms with Crippen LogP contribution in [0.2, 0.25) is 0 Å². The molecule has 0 saturated heterocycles. The van der Waals surface area contributed by atoms with Crippen LogP contribution in [0.5, 0.6) is 0 Å². The second-order valence-electron chi connectivity index (χ2n) is 11.1. The number of nitrogens with zero attached hydrogens (tertiary/aromatic N) is 4. The number of rotatable bonds is 15. The molecule has 0 heterocycles. The number of hydrogen-bond acceptors (Lipinski definition) is 6. The molecule has 14 heteroatoms. The number of amides is 2. The van der Waals surface area contributed by atoms with Crippen molar-refractivity contribution in [1.82, 2.24) is 10.6 Å². The monoisotopic (exact) mass is 612 g/mol. The SMILES string of the molecule is CC1=C[C@@H](/C=C(\C)C(=O)NC(N)=NCCCCN=C(N)N)[C@@](C)(/C=C/C=C(\C)C(=O)NC(N)=NCCCCN=C(N)N)CC1. The summed E-state index contributed by atoms with van der Waals surface area (Å²) in [6, 6.07) is 0. The number of carbonyl (C=O) groups is 2. The fourth-order valence-corrected chi connectivity index (χ4v) is 4.25. The van der Waals surface area contributed by atoms with Crippen LogP contribution in [-0.4, -0.2) is 61.8 Å². The Balaban J connectivity index is 2.79. The summed E-state index contributed by atoms with van der Waals surface area (Å²) in [7, 11) is 0. The zero-order valence-corrected chi connectivity index (χ0v) is 26.6. The maximum Gasteiger partial charge on any atom is 0.253 e. The predicted octanol–water partition coefficient (Wildman–Crippen LogP) is 0.767. The first kappa shape index (κ1) is 37.4. The second-order valence-corrected chi connectivity index (χ2v) is 11.1. The molecule has 1 aliphatic carbocycles. The summed E-state index contributed by atoms with van der Waals surface area (Å²) in [6.45, 7) is 9.62. The standard InChI is InChI=1S/C30H52N12O2/c1-20-11-13-30(4,12-9-10-21(2)24(43)41-28(35)39-16-7-5-14-37-26(31)32)23(18-20)19-22(3)25(44)42-29(36)40-17-8-6-15-38-27(33)34/h9-10,12,18-19,23H,5-8,11,13-17H2,1-4H3,(H4,31,32,37)(H4,33,34,38)(H3,35,39,41,43)(H3,36,40,42,44)/b12-9+,21-10+,22-19+/t23-,30-/m0/s1. The molecule has 244 valence electrons. The Kier molecular flexibility index (Phi) is 16.6. The lowest BCUT2D eigenvalue weighted by molar-refractivity contribution is -0.117. The Morgan fingerprint density at radius 3 is 1.75 bits per heavy atom. The van der Waals surface area contributed by atoms with Gasteiger partial charge in [-0.15, -0.1) is 0 Å². The van der Waals surface area contributed by atoms with Crippen molar-refractivity contribution in [2.45, 2.75) is 66.2 Å². The molecule has 0 aliphatic heterocycles. The largest absolute Gasteiger partial charge is 0.370 e. The van der Waals surface area contributed by atoms with Crippen molar-refractivity contribution >= 4 is 35.7 Å². The maximum atomic E-state index is 12.8. The lowest BCUT2D eigenvalue weighted by Crippen LogP contribution is -2.38. The molecule has 0 aromatic heterocycles. The van der Waals surface area contributed by atoms with Crippen LogP contribution < -0.4 is 45.0 Å². The first-order valence-corrected chi connectivity index (χ1v) is 14.8. The van der Waals surface area contributed by atoms with Gasteiger partial charge in [-0.3, -0.25) is 40.2 Å². The summed E-state index contributed by atoms with van der Waals surface area (Å²) >= 11 is 0. The Morgan fingerprint density at radius 1 is 0.818 bits per heavy atom. The van der Waals surface area contributed by atoms with Crippen molar-refractivity contribution in [2.24, 2.45) is 65.7 Å². The van der Waals surface area contributed by atoms with E-state index in [9.17, 15) is 9.59 Å². The number of hydrogen-bond donors (Lipinski definition) is 8. The van der Waals surface area contributed by atoms with Gasteiger partial charge in [-0.2, -0.15) is 0 Å². The van der Waals surface area contributed by atoms with E-state index in [2.05, 4.69) is 56.6 Å². The van der Waals surface area contributed by atoms with Crippen molar-refractivity contribution < 1.29 is 9.59 Å². The fourth-order valence-electron chi connectivity index (χ4n) is 4.25. The molecule has 0 aromatic carbocycles. The number of unbranched alkanes of at least 4 members (excludes halogenated alkanes) is 2. The van der Waals surface area contributed by atoms with Crippen molar-refractivity contribution in [3.05, 3.63) is 47.1 Å². The number of carbonyl (C=O) groups excluding carboxylic acids is 2. The van der Waals surface area contributed by atoms with Gasteiger partial charge in [-0.1, -0.05) is 42.9 Å². The van der Waals surface area contributed by atoms with Gasteiger partial charge < -0.3 is 34.4 Å². The summed E-state index contributed by atoms with van der Waals surface area (Å²) in [4.78, 5) is 41.6. The van der Waals surface area contributed by atoms with Crippen LogP contribution in [0, 0.1) is 11.3 Å². The third-order valence-corrected chi connectivity index (χ3v) is 7.02. The number of allylic oxidation sites excluding steroid dienone is 6. The predicted molar refractivity (Wildman–Crippen MR) is 180 cm³/mol. The molecule has 0 bridgehead atoms. The van der Waals surface area contributed by atoms with Crippen molar-refractivity contribution in [3.63, 3.8) is 0 Å². The van der Waals surface area contributed by atoms with E-state index in [4.69, 9.17) is 34.4 Å². The van der Waals surface area contributed by atoms with Gasteiger partial charge in [-0.05, 0) is 64.7 Å². The molecular formula is C30H52N12O2. The molecule has 1 rings (SSSR count). The maximum absolute atomic E-state index is 12.8. The van der Waals surface area contributed by atoms with Crippen LogP contribution in [0.15, 0.2) is 67.1 Å². The molecule has 44 heavy (non-hydrogen) atoms. The molecule has 14 nitrogen and oxygen atoms in total. The van der Waals surface area contributed by atoms with Crippen molar-refractivity contribution in [3.8, 4) is 0 Å². The molecule has 14 N–H and O–H groups in total. The summed E-state index contributed by atoms with van der Waals surface area (Å²) in [5.41, 5.74) is 35.0. The number of nitrogens with two attached hydrogens (primary N) is 6. The molecule has 0 saturated carbocycles. The molecule has 0 aromatic rings. The quantitative estimate of drug-likeness (QED) is 0.0326. The van der Waals surface area contributed by atoms with Gasteiger partial charge >= 0.3 is 0 Å². The molecule has 2 atom stereocenters. The summed E-state index contributed by atoms with van der Waals surface area (Å²) in [5.74, 6) is -0.445. The van der Waals surface area contributed by atoms with E-state index < -0.39 is 0 Å². The fraction of sp³-hybridized carbons (Fsp3) is 0.533. The summed E-state index contributed by atoms with van der Waals surface area (Å²) in [5, 5.41) is 5.26. The number of aliphatic imine (C=N–C) groups is 4. The Morgan fingerprint density at radius 2 is 1.27 bits per heavy atom. The lowest BCUT2D eigenvalue weighted by atomic mass is 9.68. The number of nitrogens with one attached hydrogen (secondary N) is 2. The first-order chi connectivity index (χ1) is 20.7. The highest BCUT2D eigenvalue weighted by atomic mass is 16.2. The molecule has 2 amide bonds. The highest BCUT2D eigenvalue weighted by Crippen LogP contribution is 2.42. The van der Waals surface area contributed by atoms with E-state index in [-0.39, 0.29) is 47.0 Å². The smallest absolute Gasteiger partial charge is 0.253 e. The van der Waals surface area contributed by atoms with Crippen LogP contribution in [0.25, 0.3) is 0 Å². The van der Waals surface area contributed by atoms with Crippen LogP contribution in [-0.2, 0) is 9.59 Å². The van der Waals surface area contributed by atoms with Gasteiger partial charge in [-0.25, -0.2) is 0 Å². The zero-order chi connectivity index (χ0) is 33.1. The van der Waals surface area contributed by atoms with Gasteiger partial charge in [0.1, 0.15) is 0 Å². The lowest BCUT2D eigenvalue weighted by Gasteiger charge is -2.36. The topological polar surface area (TPSA) is 264 Å². The van der Waals surface area contributed by atoms with Crippen LogP contribution in [0.4, 0.5) is 0 Å². The Bertz CT molecular complexity index is 1220. The van der Waals surface area contributed by atoms with E-state index >= 15 is 0 Å². The second kappa shape index (κ2) is 19.5. The number of guanidine groups is 4. The van der Waals surface area contributed by atoms with E-state index in [1.165, 1.54) is 5.57 Å².